The van der Waals surface area contributed by atoms with Crippen molar-refractivity contribution in [3.8, 4) is 0 Å². The van der Waals surface area contributed by atoms with Crippen LogP contribution < -0.4 is 16.8 Å². The molecular formula is C25H39N7O10S. The van der Waals surface area contributed by atoms with Gasteiger partial charge in [-0.15, -0.1) is 4.33 Å². The van der Waals surface area contributed by atoms with Crippen LogP contribution in [0.15, 0.2) is 12.7 Å². The number of imidazole rings is 1. The molecular weight excluding hydrogens is 590 g/mol. The second-order valence-corrected chi connectivity index (χ2v) is 11.7. The van der Waals surface area contributed by atoms with Crippen LogP contribution in [-0.4, -0.2) is 91.0 Å². The van der Waals surface area contributed by atoms with Crippen LogP contribution in [-0.2, 0) is 37.4 Å². The summed E-state index contributed by atoms with van der Waals surface area (Å²) in [5, 5.41) is 25.5. The van der Waals surface area contributed by atoms with E-state index < -0.39 is 54.7 Å². The number of nitrogens with zero attached hydrogens (tertiary/aromatic N) is 4. The maximum atomic E-state index is 13.1. The molecule has 3 heterocycles. The molecule has 4 rings (SSSR count). The summed E-state index contributed by atoms with van der Waals surface area (Å²) in [6.07, 6.45) is -0.0341. The molecule has 1 saturated heterocycles. The SMILES string of the molecule is CC(C)[C@H](N)C(=O)O[C@@H]1[C@H](OC(=O)[C@@H](N)C(C)C)[C@@H](COSOOO)O[C@H]1n1cnc2c(N[C@H]3CCC[C@@H]3O)ncnc21. The molecule has 43 heavy (non-hydrogen) atoms. The summed E-state index contributed by atoms with van der Waals surface area (Å²) in [6, 6.07) is -2.15. The third-order valence-electron chi connectivity index (χ3n) is 7.54. The summed E-state index contributed by atoms with van der Waals surface area (Å²) < 4.78 is 29.0. The van der Waals surface area contributed by atoms with Gasteiger partial charge in [-0.25, -0.2) is 20.2 Å². The summed E-state index contributed by atoms with van der Waals surface area (Å²) in [5.41, 5.74) is 12.8. The van der Waals surface area contributed by atoms with E-state index in [1.807, 2.05) is 0 Å². The molecule has 2 fully saturated rings. The first-order valence-electron chi connectivity index (χ1n) is 14.0. The molecule has 0 radical (unpaired) electrons. The lowest BCUT2D eigenvalue weighted by Crippen LogP contribution is -2.48. The molecule has 0 spiro atoms. The maximum absolute atomic E-state index is 13.1. The van der Waals surface area contributed by atoms with E-state index in [-0.39, 0.29) is 24.5 Å². The van der Waals surface area contributed by atoms with Crippen LogP contribution in [0.4, 0.5) is 5.82 Å². The molecule has 1 aliphatic heterocycles. The molecule has 17 nitrogen and oxygen atoms in total. The van der Waals surface area contributed by atoms with Crippen LogP contribution in [0.1, 0.15) is 53.2 Å². The largest absolute Gasteiger partial charge is 0.454 e. The molecule has 0 bridgehead atoms. The highest BCUT2D eigenvalue weighted by molar-refractivity contribution is 7.89. The van der Waals surface area contributed by atoms with Crippen molar-refractivity contribution in [2.45, 2.75) is 95.7 Å². The summed E-state index contributed by atoms with van der Waals surface area (Å²) >= 11 is 0.301. The second kappa shape index (κ2) is 14.9. The van der Waals surface area contributed by atoms with E-state index in [9.17, 15) is 14.7 Å². The van der Waals surface area contributed by atoms with Crippen LogP contribution in [0.2, 0.25) is 0 Å². The first kappa shape index (κ1) is 33.2. The Kier molecular flexibility index (Phi) is 11.5. The Morgan fingerprint density at radius 3 is 2.37 bits per heavy atom. The van der Waals surface area contributed by atoms with Crippen molar-refractivity contribution in [2.75, 3.05) is 11.9 Å². The van der Waals surface area contributed by atoms with Crippen molar-refractivity contribution >= 4 is 41.2 Å². The van der Waals surface area contributed by atoms with Crippen molar-refractivity contribution in [1.82, 2.24) is 19.5 Å². The quantitative estimate of drug-likeness (QED) is 0.0639. The summed E-state index contributed by atoms with van der Waals surface area (Å²) in [7, 11) is 0. The fourth-order valence-electron chi connectivity index (χ4n) is 4.86. The Morgan fingerprint density at radius 1 is 1.09 bits per heavy atom. The number of nitrogens with one attached hydrogen (secondary N) is 1. The van der Waals surface area contributed by atoms with Crippen molar-refractivity contribution in [3.63, 3.8) is 0 Å². The van der Waals surface area contributed by atoms with Crippen LogP contribution in [0, 0.1) is 11.8 Å². The Hall–Kier alpha value is -2.68. The van der Waals surface area contributed by atoms with Gasteiger partial charge in [0, 0.05) is 0 Å². The number of carbonyl (C=O) groups excluding carboxylic acids is 2. The van der Waals surface area contributed by atoms with E-state index in [1.165, 1.54) is 17.2 Å². The molecule has 2 aromatic rings. The second-order valence-electron chi connectivity index (χ2n) is 11.2. The zero-order chi connectivity index (χ0) is 31.3. The molecule has 0 aromatic carbocycles. The van der Waals surface area contributed by atoms with Gasteiger partial charge >= 0.3 is 11.9 Å². The minimum atomic E-state index is -1.24. The van der Waals surface area contributed by atoms with Gasteiger partial charge in [0.05, 0.1) is 25.1 Å². The van der Waals surface area contributed by atoms with Crippen molar-refractivity contribution < 1.29 is 47.7 Å². The molecule has 240 valence electrons. The number of aromatic nitrogens is 4. The Balaban J connectivity index is 1.70. The molecule has 2 aliphatic rings. The smallest absolute Gasteiger partial charge is 0.323 e. The molecule has 2 aromatic heterocycles. The monoisotopic (exact) mass is 629 g/mol. The standard InChI is InChI=1S/C25H39N7O10S/c1-11(2)16(26)24(34)39-19-15(8-37-43-42-41-36)38-23(20(19)40-25(35)17(27)12(3)4)32-10-30-18-21(28-9-29-22(18)32)31-13-6-5-7-14(13)33/h9-17,19-20,23,33,36H,5-8,26-27H2,1-4H3,(H,28,29,31)/t13-,14-,15+,16-,17-,19+,20+,23+/m0/s1. The Morgan fingerprint density at radius 2 is 1.77 bits per heavy atom. The molecule has 0 unspecified atom stereocenters. The van der Waals surface area contributed by atoms with E-state index >= 15 is 0 Å². The molecule has 18 heteroatoms. The highest BCUT2D eigenvalue weighted by atomic mass is 32.2. The number of esters is 2. The molecule has 8 atom stereocenters. The maximum Gasteiger partial charge on any atom is 0.323 e. The minimum absolute atomic E-state index is 0.199. The number of carbonyl (C=O) groups is 2. The zero-order valence-corrected chi connectivity index (χ0v) is 25.1. The van der Waals surface area contributed by atoms with Gasteiger partial charge < -0.3 is 36.1 Å². The van der Waals surface area contributed by atoms with Crippen molar-refractivity contribution in [3.05, 3.63) is 12.7 Å². The first-order valence-corrected chi connectivity index (χ1v) is 14.7. The van der Waals surface area contributed by atoms with Gasteiger partial charge in [-0.2, -0.15) is 0 Å². The summed E-state index contributed by atoms with van der Waals surface area (Å²) in [5.74, 6) is -1.58. The topological polar surface area (TPSA) is 238 Å². The van der Waals surface area contributed by atoms with Crippen LogP contribution in [0.5, 0.6) is 0 Å². The zero-order valence-electron chi connectivity index (χ0n) is 24.3. The van der Waals surface area contributed by atoms with Crippen molar-refractivity contribution in [2.24, 2.45) is 23.3 Å². The molecule has 7 N–H and O–H groups in total. The predicted octanol–water partition coefficient (Wildman–Crippen LogP) is 0.840. The van der Waals surface area contributed by atoms with Gasteiger partial charge in [0.15, 0.2) is 47.7 Å². The molecule has 1 saturated carbocycles. The lowest BCUT2D eigenvalue weighted by atomic mass is 10.0. The third kappa shape index (κ3) is 7.70. The van der Waals surface area contributed by atoms with E-state index in [2.05, 4.69) is 29.6 Å². The molecule has 0 amide bonds. The lowest BCUT2D eigenvalue weighted by molar-refractivity contribution is -0.434. The van der Waals surface area contributed by atoms with Crippen molar-refractivity contribution in [1.29, 1.82) is 0 Å². The van der Waals surface area contributed by atoms with E-state index in [0.29, 0.717) is 35.7 Å². The fraction of sp³-hybridized carbons (Fsp3) is 0.720. The number of aliphatic hydroxyl groups excluding tert-OH is 1. The normalized spacial score (nSPS) is 27.1. The van der Waals surface area contributed by atoms with E-state index in [0.717, 1.165) is 12.8 Å². The minimum Gasteiger partial charge on any atom is -0.454 e. The number of rotatable bonds is 14. The van der Waals surface area contributed by atoms with E-state index in [1.54, 1.807) is 27.7 Å². The average molecular weight is 630 g/mol. The highest BCUT2D eigenvalue weighted by Gasteiger charge is 2.52. The number of aliphatic hydroxyl groups is 1. The van der Waals surface area contributed by atoms with Gasteiger partial charge in [-0.3, -0.25) is 18.3 Å². The number of ether oxygens (including phenoxy) is 3. The van der Waals surface area contributed by atoms with Gasteiger partial charge in [0.1, 0.15) is 24.5 Å². The number of hydrogen-bond acceptors (Lipinski definition) is 17. The average Bonchev–Trinajstić information content (AvgIpc) is 3.68. The molecule has 1 aliphatic carbocycles. The summed E-state index contributed by atoms with van der Waals surface area (Å²) in [4.78, 5) is 39.3. The van der Waals surface area contributed by atoms with Crippen LogP contribution >= 0.6 is 12.3 Å². The lowest BCUT2D eigenvalue weighted by Gasteiger charge is -2.27. The Labute approximate surface area is 252 Å². The number of anilines is 1. The summed E-state index contributed by atoms with van der Waals surface area (Å²) in [6.45, 7) is 6.78. The highest BCUT2D eigenvalue weighted by Crippen LogP contribution is 2.37. The van der Waals surface area contributed by atoms with Gasteiger partial charge in [-0.05, 0) is 31.1 Å². The van der Waals surface area contributed by atoms with Gasteiger partial charge in [-0.1, -0.05) is 32.7 Å². The van der Waals surface area contributed by atoms with Gasteiger partial charge in [0.2, 0.25) is 0 Å². The van der Waals surface area contributed by atoms with E-state index in [4.69, 9.17) is 35.1 Å². The van der Waals surface area contributed by atoms with Crippen LogP contribution in [0.25, 0.3) is 11.2 Å². The fourth-order valence-corrected chi connectivity index (χ4v) is 5.11. The number of hydrogen-bond donors (Lipinski definition) is 5. The number of nitrogens with two attached hydrogens (primary N) is 2. The first-order chi connectivity index (χ1) is 20.5. The number of fused-ring (bicyclic) bond motifs is 1. The van der Waals surface area contributed by atoms with Crippen LogP contribution in [0.3, 0.4) is 0 Å². The third-order valence-corrected chi connectivity index (χ3v) is 7.89. The van der Waals surface area contributed by atoms with Gasteiger partial charge in [0.25, 0.3) is 0 Å². The Bertz CT molecular complexity index is 1240. The predicted molar refractivity (Wildman–Crippen MR) is 150 cm³/mol.